The number of pyridine rings is 1. The highest BCUT2D eigenvalue weighted by Crippen LogP contribution is 2.06. The van der Waals surface area contributed by atoms with Gasteiger partial charge in [0.25, 0.3) is 5.56 Å². The summed E-state index contributed by atoms with van der Waals surface area (Å²) in [6, 6.07) is 1.95. The summed E-state index contributed by atoms with van der Waals surface area (Å²) in [6.07, 6.45) is 7.84. The van der Waals surface area contributed by atoms with Crippen molar-refractivity contribution in [3.05, 3.63) is 52.3 Å². The molecule has 5 heteroatoms. The second kappa shape index (κ2) is 6.13. The van der Waals surface area contributed by atoms with Crippen LogP contribution in [0.1, 0.15) is 24.5 Å². The van der Waals surface area contributed by atoms with Crippen molar-refractivity contribution in [2.75, 3.05) is 5.32 Å². The lowest BCUT2D eigenvalue weighted by atomic mass is 10.1. The fourth-order valence-corrected chi connectivity index (χ4v) is 1.85. The van der Waals surface area contributed by atoms with Crippen LogP contribution in [0, 0.1) is 6.92 Å². The van der Waals surface area contributed by atoms with Gasteiger partial charge in [0.1, 0.15) is 0 Å². The van der Waals surface area contributed by atoms with Gasteiger partial charge in [-0.25, -0.2) is 4.98 Å². The molecule has 1 N–H and O–H groups in total. The molecule has 100 valence electrons. The maximum atomic E-state index is 12.1. The molecule has 0 atom stereocenters. The second-order valence-corrected chi connectivity index (χ2v) is 4.43. The quantitative estimate of drug-likeness (QED) is 0.890. The zero-order valence-electron chi connectivity index (χ0n) is 11.3. The average molecular weight is 258 g/mol. The molecule has 2 aromatic rings. The third kappa shape index (κ3) is 3.19. The Bertz CT molecular complexity index is 606. The Balaban J connectivity index is 2.14. The van der Waals surface area contributed by atoms with Gasteiger partial charge in [-0.05, 0) is 30.5 Å². The van der Waals surface area contributed by atoms with Crippen LogP contribution >= 0.6 is 0 Å². The molecule has 5 nitrogen and oxygen atoms in total. The van der Waals surface area contributed by atoms with E-state index in [9.17, 15) is 4.79 Å². The minimum Gasteiger partial charge on any atom is -0.361 e. The summed E-state index contributed by atoms with van der Waals surface area (Å²) in [4.78, 5) is 20.3. The minimum absolute atomic E-state index is 0.0779. The standard InChI is InChI=1S/C14H18N4O/c1-3-7-18-8-6-16-13(14(18)19)17-10-12-9-15-5-4-11(12)2/h4-6,8-9H,3,7,10H2,1-2H3,(H,16,17). The minimum atomic E-state index is -0.0779. The van der Waals surface area contributed by atoms with Gasteiger partial charge in [0, 0.05) is 37.9 Å². The molecule has 0 unspecified atom stereocenters. The summed E-state index contributed by atoms with van der Waals surface area (Å²) in [5, 5.41) is 3.08. The number of hydrogen-bond acceptors (Lipinski definition) is 4. The number of aryl methyl sites for hydroxylation is 2. The van der Waals surface area contributed by atoms with Gasteiger partial charge in [-0.2, -0.15) is 0 Å². The van der Waals surface area contributed by atoms with Crippen LogP contribution in [-0.4, -0.2) is 14.5 Å². The van der Waals surface area contributed by atoms with Gasteiger partial charge in [-0.15, -0.1) is 0 Å². The van der Waals surface area contributed by atoms with Crippen molar-refractivity contribution < 1.29 is 0 Å². The third-order valence-corrected chi connectivity index (χ3v) is 2.97. The molecule has 0 saturated heterocycles. The Labute approximate surface area is 112 Å². The molecule has 0 spiro atoms. The van der Waals surface area contributed by atoms with E-state index in [4.69, 9.17) is 0 Å². The van der Waals surface area contributed by atoms with Crippen LogP contribution in [0.2, 0.25) is 0 Å². The maximum absolute atomic E-state index is 12.1. The van der Waals surface area contributed by atoms with Gasteiger partial charge >= 0.3 is 0 Å². The molecule has 2 rings (SSSR count). The summed E-state index contributed by atoms with van der Waals surface area (Å²) in [5.41, 5.74) is 2.13. The molecule has 2 heterocycles. The van der Waals surface area contributed by atoms with Crippen molar-refractivity contribution in [3.8, 4) is 0 Å². The number of rotatable bonds is 5. The molecule has 0 aliphatic carbocycles. The van der Waals surface area contributed by atoms with Crippen LogP contribution < -0.4 is 10.9 Å². The highest BCUT2D eigenvalue weighted by atomic mass is 16.1. The van der Waals surface area contributed by atoms with Crippen LogP contribution in [-0.2, 0) is 13.1 Å². The van der Waals surface area contributed by atoms with E-state index in [0.29, 0.717) is 18.9 Å². The summed E-state index contributed by atoms with van der Waals surface area (Å²) >= 11 is 0. The van der Waals surface area contributed by atoms with E-state index in [1.165, 1.54) is 0 Å². The van der Waals surface area contributed by atoms with E-state index < -0.39 is 0 Å². The number of hydrogen-bond donors (Lipinski definition) is 1. The number of nitrogens with one attached hydrogen (secondary N) is 1. The van der Waals surface area contributed by atoms with E-state index in [1.807, 2.05) is 19.9 Å². The zero-order valence-corrected chi connectivity index (χ0v) is 11.3. The van der Waals surface area contributed by atoms with Gasteiger partial charge < -0.3 is 9.88 Å². The Hall–Kier alpha value is -2.17. The predicted octanol–water partition coefficient (Wildman–Crippen LogP) is 1.97. The first-order valence-corrected chi connectivity index (χ1v) is 6.41. The summed E-state index contributed by atoms with van der Waals surface area (Å²) in [5.74, 6) is 0.388. The SMILES string of the molecule is CCCn1ccnc(NCc2cnccc2C)c1=O. The van der Waals surface area contributed by atoms with Gasteiger partial charge in [-0.1, -0.05) is 6.92 Å². The summed E-state index contributed by atoms with van der Waals surface area (Å²) in [6.45, 7) is 5.32. The highest BCUT2D eigenvalue weighted by Gasteiger charge is 2.04. The van der Waals surface area contributed by atoms with Crippen molar-refractivity contribution in [1.29, 1.82) is 0 Å². The maximum Gasteiger partial charge on any atom is 0.293 e. The normalized spacial score (nSPS) is 10.4. The van der Waals surface area contributed by atoms with Crippen molar-refractivity contribution in [2.45, 2.75) is 33.4 Å². The lowest BCUT2D eigenvalue weighted by Gasteiger charge is -2.09. The Morgan fingerprint density at radius 3 is 2.95 bits per heavy atom. The van der Waals surface area contributed by atoms with Crippen molar-refractivity contribution in [3.63, 3.8) is 0 Å². The van der Waals surface area contributed by atoms with E-state index in [0.717, 1.165) is 17.5 Å². The molecule has 0 bridgehead atoms. The predicted molar refractivity (Wildman–Crippen MR) is 75.1 cm³/mol. The molecule has 0 amide bonds. The van der Waals surface area contributed by atoms with Crippen LogP contribution in [0.3, 0.4) is 0 Å². The molecule has 0 aromatic carbocycles. The highest BCUT2D eigenvalue weighted by molar-refractivity contribution is 5.34. The van der Waals surface area contributed by atoms with Crippen molar-refractivity contribution in [2.24, 2.45) is 0 Å². The first-order chi connectivity index (χ1) is 9.22. The monoisotopic (exact) mass is 258 g/mol. The molecule has 0 aliphatic rings. The largest absolute Gasteiger partial charge is 0.361 e. The van der Waals surface area contributed by atoms with Gasteiger partial charge in [0.2, 0.25) is 0 Å². The van der Waals surface area contributed by atoms with Crippen LogP contribution in [0.5, 0.6) is 0 Å². The van der Waals surface area contributed by atoms with E-state index in [2.05, 4.69) is 15.3 Å². The smallest absolute Gasteiger partial charge is 0.293 e. The summed E-state index contributed by atoms with van der Waals surface area (Å²) < 4.78 is 1.67. The fourth-order valence-electron chi connectivity index (χ4n) is 1.85. The molecular weight excluding hydrogens is 240 g/mol. The van der Waals surface area contributed by atoms with Gasteiger partial charge in [0.05, 0.1) is 0 Å². The topological polar surface area (TPSA) is 59.8 Å². The lowest BCUT2D eigenvalue weighted by molar-refractivity contribution is 0.649. The van der Waals surface area contributed by atoms with Gasteiger partial charge in [-0.3, -0.25) is 9.78 Å². The Morgan fingerprint density at radius 1 is 1.37 bits per heavy atom. The first-order valence-electron chi connectivity index (χ1n) is 6.41. The average Bonchev–Trinajstić information content (AvgIpc) is 2.42. The van der Waals surface area contributed by atoms with Crippen molar-refractivity contribution in [1.82, 2.24) is 14.5 Å². The van der Waals surface area contributed by atoms with Gasteiger partial charge in [0.15, 0.2) is 5.82 Å². The van der Waals surface area contributed by atoms with E-state index in [1.54, 1.807) is 29.4 Å². The Morgan fingerprint density at radius 2 is 2.21 bits per heavy atom. The lowest BCUT2D eigenvalue weighted by Crippen LogP contribution is -2.24. The molecule has 0 aliphatic heterocycles. The second-order valence-electron chi connectivity index (χ2n) is 4.43. The van der Waals surface area contributed by atoms with E-state index >= 15 is 0 Å². The zero-order chi connectivity index (χ0) is 13.7. The molecule has 0 radical (unpaired) electrons. The molecule has 0 fully saturated rings. The number of anilines is 1. The molecule has 19 heavy (non-hydrogen) atoms. The fraction of sp³-hybridized carbons (Fsp3) is 0.357. The third-order valence-electron chi connectivity index (χ3n) is 2.97. The number of aromatic nitrogens is 3. The molecule has 0 saturated carbocycles. The van der Waals surface area contributed by atoms with Crippen molar-refractivity contribution >= 4 is 5.82 Å². The Kier molecular flexibility index (Phi) is 4.28. The summed E-state index contributed by atoms with van der Waals surface area (Å²) in [7, 11) is 0. The first kappa shape index (κ1) is 13.3. The molecule has 2 aromatic heterocycles. The van der Waals surface area contributed by atoms with E-state index in [-0.39, 0.29) is 5.56 Å². The van der Waals surface area contributed by atoms with Crippen LogP contribution in [0.4, 0.5) is 5.82 Å². The van der Waals surface area contributed by atoms with Crippen LogP contribution in [0.15, 0.2) is 35.6 Å². The molecular formula is C14H18N4O. The number of nitrogens with zero attached hydrogens (tertiary/aromatic N) is 3. The van der Waals surface area contributed by atoms with Crippen LogP contribution in [0.25, 0.3) is 0 Å².